The van der Waals surface area contributed by atoms with E-state index in [1.165, 1.54) is 14.2 Å². The molecule has 0 aromatic heterocycles. The fourth-order valence-electron chi connectivity index (χ4n) is 2.66. The van der Waals surface area contributed by atoms with E-state index in [1.54, 1.807) is 66.7 Å². The molecule has 2 N–H and O–H groups in total. The minimum Gasteiger partial charge on any atom is -0.497 e. The molecule has 0 radical (unpaired) electrons. The Labute approximate surface area is 173 Å². The number of ether oxygens (including phenoxy) is 2. The maximum atomic E-state index is 12.6. The maximum absolute atomic E-state index is 12.6. The number of rotatable bonds is 6. The summed E-state index contributed by atoms with van der Waals surface area (Å²) in [4.78, 5) is 25.0. The second-order valence-electron chi connectivity index (χ2n) is 6.07. The fourth-order valence-corrected chi connectivity index (χ4v) is 2.88. The SMILES string of the molecule is COc1cc(OC)cc(C(=O)Nc2cccc(NC(=O)c3ccccc3Cl)c2)c1. The van der Waals surface area contributed by atoms with Crippen molar-refractivity contribution in [3.63, 3.8) is 0 Å². The molecule has 0 fully saturated rings. The van der Waals surface area contributed by atoms with Gasteiger partial charge in [0.25, 0.3) is 11.8 Å². The molecular weight excluding hydrogens is 392 g/mol. The third-order valence-corrected chi connectivity index (χ3v) is 4.44. The second kappa shape index (κ2) is 9.12. The van der Waals surface area contributed by atoms with Gasteiger partial charge in [-0.25, -0.2) is 0 Å². The van der Waals surface area contributed by atoms with Gasteiger partial charge in [-0.05, 0) is 42.5 Å². The van der Waals surface area contributed by atoms with Crippen molar-refractivity contribution < 1.29 is 19.1 Å². The molecule has 0 atom stereocenters. The molecule has 3 aromatic carbocycles. The van der Waals surface area contributed by atoms with E-state index in [-0.39, 0.29) is 11.8 Å². The van der Waals surface area contributed by atoms with E-state index >= 15 is 0 Å². The van der Waals surface area contributed by atoms with Crippen LogP contribution in [0.3, 0.4) is 0 Å². The second-order valence-corrected chi connectivity index (χ2v) is 6.48. The monoisotopic (exact) mass is 410 g/mol. The van der Waals surface area contributed by atoms with Crippen molar-refractivity contribution in [2.45, 2.75) is 0 Å². The lowest BCUT2D eigenvalue weighted by atomic mass is 10.1. The van der Waals surface area contributed by atoms with E-state index in [0.717, 1.165) is 0 Å². The van der Waals surface area contributed by atoms with Crippen LogP contribution in [0.2, 0.25) is 5.02 Å². The lowest BCUT2D eigenvalue weighted by Gasteiger charge is -2.11. The predicted molar refractivity (Wildman–Crippen MR) is 113 cm³/mol. The summed E-state index contributed by atoms with van der Waals surface area (Å²) in [5, 5.41) is 5.93. The third kappa shape index (κ3) is 5.06. The molecule has 3 rings (SSSR count). The zero-order valence-corrected chi connectivity index (χ0v) is 16.6. The summed E-state index contributed by atoms with van der Waals surface area (Å²) in [6.07, 6.45) is 0. The van der Waals surface area contributed by atoms with Crippen LogP contribution < -0.4 is 20.1 Å². The molecule has 0 aliphatic rings. The lowest BCUT2D eigenvalue weighted by Crippen LogP contribution is -2.14. The maximum Gasteiger partial charge on any atom is 0.257 e. The summed E-state index contributed by atoms with van der Waals surface area (Å²) < 4.78 is 10.4. The van der Waals surface area contributed by atoms with Gasteiger partial charge in [0.05, 0.1) is 24.8 Å². The molecule has 0 spiro atoms. The molecule has 0 saturated carbocycles. The van der Waals surface area contributed by atoms with Crippen LogP contribution in [0, 0.1) is 0 Å². The average molecular weight is 411 g/mol. The van der Waals surface area contributed by atoms with E-state index in [4.69, 9.17) is 21.1 Å². The predicted octanol–water partition coefficient (Wildman–Crippen LogP) is 4.86. The van der Waals surface area contributed by atoms with Crippen LogP contribution in [0.5, 0.6) is 11.5 Å². The standard InChI is InChI=1S/C22H19ClN2O4/c1-28-17-10-14(11-18(13-17)29-2)21(26)24-15-6-5-7-16(12-15)25-22(27)19-8-3-4-9-20(19)23/h3-13H,1-2H3,(H,24,26)(H,25,27). The van der Waals surface area contributed by atoms with Gasteiger partial charge in [0.2, 0.25) is 0 Å². The Kier molecular flexibility index (Phi) is 6.36. The Morgan fingerprint density at radius 3 is 1.93 bits per heavy atom. The third-order valence-electron chi connectivity index (χ3n) is 4.11. The number of nitrogens with one attached hydrogen (secondary N) is 2. The van der Waals surface area contributed by atoms with Crippen molar-refractivity contribution in [3.8, 4) is 11.5 Å². The van der Waals surface area contributed by atoms with Crippen LogP contribution >= 0.6 is 11.6 Å². The van der Waals surface area contributed by atoms with E-state index in [1.807, 2.05) is 0 Å². The van der Waals surface area contributed by atoms with Crippen molar-refractivity contribution in [2.75, 3.05) is 24.9 Å². The number of anilines is 2. The van der Waals surface area contributed by atoms with Crippen molar-refractivity contribution in [2.24, 2.45) is 0 Å². The number of halogens is 1. The van der Waals surface area contributed by atoms with Crippen molar-refractivity contribution in [1.82, 2.24) is 0 Å². The van der Waals surface area contributed by atoms with Gasteiger partial charge in [0.1, 0.15) is 11.5 Å². The highest BCUT2D eigenvalue weighted by atomic mass is 35.5. The summed E-state index contributed by atoms with van der Waals surface area (Å²) in [7, 11) is 3.03. The first-order valence-electron chi connectivity index (χ1n) is 8.70. The summed E-state index contributed by atoms with van der Waals surface area (Å²) in [6.45, 7) is 0. The summed E-state index contributed by atoms with van der Waals surface area (Å²) >= 11 is 6.06. The number of hydrogen-bond donors (Lipinski definition) is 2. The number of benzene rings is 3. The smallest absolute Gasteiger partial charge is 0.257 e. The Hall–Kier alpha value is -3.51. The highest BCUT2D eigenvalue weighted by Crippen LogP contribution is 2.24. The van der Waals surface area contributed by atoms with Gasteiger partial charge < -0.3 is 20.1 Å². The van der Waals surface area contributed by atoms with Gasteiger partial charge in [0, 0.05) is 23.0 Å². The molecule has 0 aliphatic heterocycles. The lowest BCUT2D eigenvalue weighted by molar-refractivity contribution is 0.101. The van der Waals surface area contributed by atoms with E-state index in [2.05, 4.69) is 10.6 Å². The van der Waals surface area contributed by atoms with Crippen molar-refractivity contribution >= 4 is 34.8 Å². The molecule has 148 valence electrons. The van der Waals surface area contributed by atoms with Gasteiger partial charge in [0.15, 0.2) is 0 Å². The highest BCUT2D eigenvalue weighted by molar-refractivity contribution is 6.34. The summed E-state index contributed by atoms with van der Waals surface area (Å²) in [5.41, 5.74) is 1.79. The zero-order chi connectivity index (χ0) is 20.8. The van der Waals surface area contributed by atoms with Crippen molar-refractivity contribution in [3.05, 3.63) is 82.9 Å². The minimum absolute atomic E-state index is 0.336. The van der Waals surface area contributed by atoms with E-state index in [0.29, 0.717) is 39.0 Å². The summed E-state index contributed by atoms with van der Waals surface area (Å²) in [5.74, 6) is 0.346. The highest BCUT2D eigenvalue weighted by Gasteiger charge is 2.12. The molecule has 0 unspecified atom stereocenters. The quantitative estimate of drug-likeness (QED) is 0.608. The summed E-state index contributed by atoms with van der Waals surface area (Å²) in [6, 6.07) is 18.5. The largest absolute Gasteiger partial charge is 0.497 e. The van der Waals surface area contributed by atoms with Crippen LogP contribution in [0.1, 0.15) is 20.7 Å². The van der Waals surface area contributed by atoms with E-state index < -0.39 is 0 Å². The Morgan fingerprint density at radius 1 is 0.759 bits per heavy atom. The van der Waals surface area contributed by atoms with Crippen LogP contribution in [-0.2, 0) is 0 Å². The molecule has 29 heavy (non-hydrogen) atoms. The molecular formula is C22H19ClN2O4. The Morgan fingerprint density at radius 2 is 1.34 bits per heavy atom. The van der Waals surface area contributed by atoms with Crippen LogP contribution in [0.25, 0.3) is 0 Å². The van der Waals surface area contributed by atoms with Gasteiger partial charge in [-0.2, -0.15) is 0 Å². The molecule has 6 nitrogen and oxygen atoms in total. The number of hydrogen-bond acceptors (Lipinski definition) is 4. The first-order valence-corrected chi connectivity index (χ1v) is 9.08. The van der Waals surface area contributed by atoms with Crippen LogP contribution in [-0.4, -0.2) is 26.0 Å². The molecule has 7 heteroatoms. The van der Waals surface area contributed by atoms with Crippen LogP contribution in [0.15, 0.2) is 66.7 Å². The number of carbonyl (C=O) groups is 2. The Balaban J connectivity index is 1.75. The normalized spacial score (nSPS) is 10.2. The molecule has 3 aromatic rings. The Bertz CT molecular complexity index is 1030. The van der Waals surface area contributed by atoms with Gasteiger partial charge in [-0.15, -0.1) is 0 Å². The minimum atomic E-state index is -0.336. The number of amides is 2. The fraction of sp³-hybridized carbons (Fsp3) is 0.0909. The first kappa shape index (κ1) is 20.2. The molecule has 0 bridgehead atoms. The first-order chi connectivity index (χ1) is 14.0. The van der Waals surface area contributed by atoms with Gasteiger partial charge in [-0.3, -0.25) is 9.59 Å². The van der Waals surface area contributed by atoms with E-state index in [9.17, 15) is 9.59 Å². The average Bonchev–Trinajstić information content (AvgIpc) is 2.73. The zero-order valence-electron chi connectivity index (χ0n) is 15.9. The van der Waals surface area contributed by atoms with Gasteiger partial charge >= 0.3 is 0 Å². The van der Waals surface area contributed by atoms with Crippen LogP contribution in [0.4, 0.5) is 11.4 Å². The molecule has 0 heterocycles. The topological polar surface area (TPSA) is 76.7 Å². The molecule has 0 saturated heterocycles. The van der Waals surface area contributed by atoms with Crippen molar-refractivity contribution in [1.29, 1.82) is 0 Å². The number of carbonyl (C=O) groups excluding carboxylic acids is 2. The molecule has 2 amide bonds. The van der Waals surface area contributed by atoms with Gasteiger partial charge in [-0.1, -0.05) is 29.8 Å². The molecule has 0 aliphatic carbocycles. The number of methoxy groups -OCH3 is 2.